The van der Waals surface area contributed by atoms with E-state index in [1.807, 2.05) is 34.6 Å². The fraction of sp³-hybridized carbons (Fsp3) is 0.533. The van der Waals surface area contributed by atoms with Gasteiger partial charge in [-0.2, -0.15) is 0 Å². The van der Waals surface area contributed by atoms with Crippen molar-refractivity contribution in [1.82, 2.24) is 4.90 Å². The molecule has 0 bridgehead atoms. The number of carbonyl (C=O) groups excluding carboxylic acids is 1. The predicted molar refractivity (Wildman–Crippen MR) is 77.9 cm³/mol. The third-order valence-corrected chi connectivity index (χ3v) is 3.58. The van der Waals surface area contributed by atoms with Gasteiger partial charge in [-0.1, -0.05) is 0 Å². The van der Waals surface area contributed by atoms with Crippen molar-refractivity contribution in [2.45, 2.75) is 52.3 Å². The van der Waals surface area contributed by atoms with Crippen LogP contribution < -0.4 is 0 Å². The second kappa shape index (κ2) is 4.72. The summed E-state index contributed by atoms with van der Waals surface area (Å²) < 4.78 is 5.42. The number of non-ortho nitro benzene ring substituents is 1. The number of nitrogens with zero attached hydrogens (tertiary/aromatic N) is 2. The van der Waals surface area contributed by atoms with Crippen LogP contribution in [-0.2, 0) is 16.8 Å². The topological polar surface area (TPSA) is 72.7 Å². The first-order valence-electron chi connectivity index (χ1n) is 6.81. The molecule has 0 saturated heterocycles. The van der Waals surface area contributed by atoms with Crippen LogP contribution >= 0.6 is 0 Å². The molecule has 0 aromatic heterocycles. The van der Waals surface area contributed by atoms with E-state index >= 15 is 0 Å². The Morgan fingerprint density at radius 2 is 2.00 bits per heavy atom. The van der Waals surface area contributed by atoms with Crippen LogP contribution in [0.4, 0.5) is 10.5 Å². The Morgan fingerprint density at radius 3 is 2.52 bits per heavy atom. The molecule has 0 N–H and O–H groups in total. The van der Waals surface area contributed by atoms with Crippen LogP contribution in [0.5, 0.6) is 0 Å². The van der Waals surface area contributed by atoms with E-state index in [2.05, 4.69) is 0 Å². The largest absolute Gasteiger partial charge is 0.444 e. The van der Waals surface area contributed by atoms with Crippen LogP contribution in [0.2, 0.25) is 0 Å². The number of benzene rings is 1. The lowest BCUT2D eigenvalue weighted by atomic mass is 9.94. The molecule has 21 heavy (non-hydrogen) atoms. The van der Waals surface area contributed by atoms with Gasteiger partial charge in [0.1, 0.15) is 5.60 Å². The first-order chi connectivity index (χ1) is 9.52. The highest BCUT2D eigenvalue weighted by molar-refractivity contribution is 5.71. The van der Waals surface area contributed by atoms with Gasteiger partial charge in [0, 0.05) is 12.1 Å². The van der Waals surface area contributed by atoms with E-state index in [0.29, 0.717) is 6.54 Å². The maximum Gasteiger partial charge on any atom is 0.411 e. The number of hydrogen-bond acceptors (Lipinski definition) is 4. The molecule has 1 heterocycles. The minimum Gasteiger partial charge on any atom is -0.444 e. The molecule has 0 unspecified atom stereocenters. The van der Waals surface area contributed by atoms with Crippen LogP contribution in [0.25, 0.3) is 0 Å². The molecular weight excluding hydrogens is 272 g/mol. The van der Waals surface area contributed by atoms with E-state index in [9.17, 15) is 14.9 Å². The minimum atomic E-state index is -0.575. The van der Waals surface area contributed by atoms with Gasteiger partial charge in [0.2, 0.25) is 0 Å². The Kier molecular flexibility index (Phi) is 3.43. The molecule has 1 aromatic carbocycles. The van der Waals surface area contributed by atoms with Gasteiger partial charge in [-0.05, 0) is 51.8 Å². The number of ether oxygens (including phenoxy) is 1. The van der Waals surface area contributed by atoms with Crippen molar-refractivity contribution in [3.05, 3.63) is 39.4 Å². The van der Waals surface area contributed by atoms with Gasteiger partial charge in [-0.15, -0.1) is 0 Å². The molecule has 1 aliphatic heterocycles. The molecular formula is C15H20N2O4. The second-order valence-corrected chi connectivity index (χ2v) is 6.72. The fourth-order valence-electron chi connectivity index (χ4n) is 2.54. The summed E-state index contributed by atoms with van der Waals surface area (Å²) in [6.45, 7) is 9.58. The fourth-order valence-corrected chi connectivity index (χ4v) is 2.54. The van der Waals surface area contributed by atoms with Crippen molar-refractivity contribution < 1.29 is 14.5 Å². The zero-order valence-corrected chi connectivity index (χ0v) is 13.0. The van der Waals surface area contributed by atoms with Crippen molar-refractivity contribution in [2.24, 2.45) is 0 Å². The summed E-state index contributed by atoms with van der Waals surface area (Å²) >= 11 is 0. The molecule has 1 aromatic rings. The second-order valence-electron chi connectivity index (χ2n) is 6.72. The normalized spacial score (nSPS) is 16.5. The number of carbonyl (C=O) groups is 1. The summed E-state index contributed by atoms with van der Waals surface area (Å²) in [6.07, 6.45) is -0.411. The Morgan fingerprint density at radius 1 is 1.38 bits per heavy atom. The van der Waals surface area contributed by atoms with Crippen LogP contribution in [0.1, 0.15) is 45.7 Å². The van der Waals surface area contributed by atoms with Crippen LogP contribution in [0.3, 0.4) is 0 Å². The lowest BCUT2D eigenvalue weighted by Crippen LogP contribution is -2.43. The van der Waals surface area contributed by atoms with Crippen LogP contribution in [-0.4, -0.2) is 21.5 Å². The molecule has 0 radical (unpaired) electrons. The quantitative estimate of drug-likeness (QED) is 0.585. The van der Waals surface area contributed by atoms with Gasteiger partial charge in [0.05, 0.1) is 17.0 Å². The highest BCUT2D eigenvalue weighted by atomic mass is 16.6. The zero-order valence-electron chi connectivity index (χ0n) is 13.0. The summed E-state index contributed by atoms with van der Waals surface area (Å²) in [5, 5.41) is 10.9. The number of fused-ring (bicyclic) bond motifs is 1. The van der Waals surface area contributed by atoms with E-state index in [-0.39, 0.29) is 5.69 Å². The van der Waals surface area contributed by atoms with Crippen molar-refractivity contribution in [2.75, 3.05) is 0 Å². The van der Waals surface area contributed by atoms with Crippen molar-refractivity contribution in [3.8, 4) is 0 Å². The minimum absolute atomic E-state index is 0.0376. The third-order valence-electron chi connectivity index (χ3n) is 3.58. The van der Waals surface area contributed by atoms with E-state index < -0.39 is 22.2 Å². The van der Waals surface area contributed by atoms with Crippen molar-refractivity contribution >= 4 is 11.8 Å². The summed E-state index contributed by atoms with van der Waals surface area (Å²) in [6, 6.07) is 4.72. The highest BCUT2D eigenvalue weighted by Gasteiger charge is 2.42. The Balaban J connectivity index is 2.33. The van der Waals surface area contributed by atoms with Gasteiger partial charge in [0.15, 0.2) is 0 Å². The van der Waals surface area contributed by atoms with Gasteiger partial charge in [-0.25, -0.2) is 4.79 Å². The van der Waals surface area contributed by atoms with E-state index in [0.717, 1.165) is 11.1 Å². The maximum atomic E-state index is 12.3. The van der Waals surface area contributed by atoms with Crippen LogP contribution in [0.15, 0.2) is 18.2 Å². The summed E-state index contributed by atoms with van der Waals surface area (Å²) in [4.78, 5) is 24.4. The molecule has 1 aliphatic rings. The van der Waals surface area contributed by atoms with Crippen molar-refractivity contribution in [3.63, 3.8) is 0 Å². The predicted octanol–water partition coefficient (Wildman–Crippen LogP) is 3.58. The molecule has 0 saturated carbocycles. The average molecular weight is 292 g/mol. The lowest BCUT2D eigenvalue weighted by Gasteiger charge is -2.34. The summed E-state index contributed by atoms with van der Waals surface area (Å²) in [5.74, 6) is 0. The Hall–Kier alpha value is -2.11. The van der Waals surface area contributed by atoms with E-state index in [4.69, 9.17) is 4.74 Å². The number of hydrogen-bond donors (Lipinski definition) is 0. The van der Waals surface area contributed by atoms with Gasteiger partial charge >= 0.3 is 6.09 Å². The van der Waals surface area contributed by atoms with Crippen molar-refractivity contribution in [1.29, 1.82) is 0 Å². The van der Waals surface area contributed by atoms with Gasteiger partial charge in [-0.3, -0.25) is 15.0 Å². The first-order valence-corrected chi connectivity index (χ1v) is 6.81. The number of rotatable bonds is 1. The summed E-state index contributed by atoms with van der Waals surface area (Å²) in [7, 11) is 0. The molecule has 0 fully saturated rings. The smallest absolute Gasteiger partial charge is 0.411 e. The standard InChI is InChI=1S/C15H20N2O4/c1-14(2,3)21-13(18)16-9-10-8-11(17(19)20)6-7-12(10)15(16,4)5/h6-8H,9H2,1-5H3. The molecule has 2 rings (SSSR count). The van der Waals surface area contributed by atoms with Gasteiger partial charge < -0.3 is 4.74 Å². The first kappa shape index (κ1) is 15.3. The highest BCUT2D eigenvalue weighted by Crippen LogP contribution is 2.40. The molecule has 6 nitrogen and oxygen atoms in total. The van der Waals surface area contributed by atoms with E-state index in [1.165, 1.54) is 12.1 Å². The monoisotopic (exact) mass is 292 g/mol. The zero-order chi connectivity index (χ0) is 16.0. The maximum absolute atomic E-state index is 12.3. The molecule has 0 spiro atoms. The third kappa shape index (κ3) is 2.84. The van der Waals surface area contributed by atoms with Crippen LogP contribution in [0, 0.1) is 10.1 Å². The number of nitro groups is 1. The number of nitro benzene ring substituents is 1. The molecule has 114 valence electrons. The average Bonchev–Trinajstić information content (AvgIpc) is 2.58. The molecule has 6 heteroatoms. The van der Waals surface area contributed by atoms with Gasteiger partial charge in [0.25, 0.3) is 5.69 Å². The van der Waals surface area contributed by atoms with E-state index in [1.54, 1.807) is 11.0 Å². The lowest BCUT2D eigenvalue weighted by molar-refractivity contribution is -0.384. The number of amides is 1. The SMILES string of the molecule is CC(C)(C)OC(=O)N1Cc2cc([N+](=O)[O-])ccc2C1(C)C. The Labute approximate surface area is 123 Å². The Bertz CT molecular complexity index is 602. The summed E-state index contributed by atoms with van der Waals surface area (Å²) in [5.41, 5.74) is 0.621. The molecule has 1 amide bonds. The molecule has 0 atom stereocenters. The molecule has 0 aliphatic carbocycles.